The van der Waals surface area contributed by atoms with E-state index in [1.165, 1.54) is 6.26 Å². The fourth-order valence-corrected chi connectivity index (χ4v) is 7.10. The summed E-state index contributed by atoms with van der Waals surface area (Å²) >= 11 is 1.63. The van der Waals surface area contributed by atoms with Gasteiger partial charge in [-0.05, 0) is 26.2 Å². The van der Waals surface area contributed by atoms with Gasteiger partial charge in [-0.15, -0.1) is 11.3 Å². The molecule has 0 spiro atoms. The van der Waals surface area contributed by atoms with Gasteiger partial charge in [0.25, 0.3) is 0 Å². The van der Waals surface area contributed by atoms with Crippen LogP contribution in [0.3, 0.4) is 0 Å². The van der Waals surface area contributed by atoms with E-state index in [0.717, 1.165) is 31.6 Å². The molecule has 5 rings (SSSR count). The molecule has 0 amide bonds. The lowest BCUT2D eigenvalue weighted by molar-refractivity contribution is 0.112. The monoisotopic (exact) mass is 544 g/mol. The van der Waals surface area contributed by atoms with Crippen LogP contribution < -0.4 is 5.32 Å². The molecule has 1 aliphatic rings. The van der Waals surface area contributed by atoms with Crippen LogP contribution >= 0.6 is 11.3 Å². The van der Waals surface area contributed by atoms with Crippen LogP contribution in [0.2, 0.25) is 0 Å². The number of rotatable bonds is 9. The predicted molar refractivity (Wildman–Crippen MR) is 147 cm³/mol. The number of hydrogen-bond donors (Lipinski definition) is 3. The van der Waals surface area contributed by atoms with E-state index in [-0.39, 0.29) is 12.6 Å². The van der Waals surface area contributed by atoms with E-state index in [9.17, 15) is 13.5 Å². The van der Waals surface area contributed by atoms with Gasteiger partial charge in [0.2, 0.25) is 10.0 Å². The molecular weight excluding hydrogens is 512 g/mol. The molecule has 0 saturated carbocycles. The summed E-state index contributed by atoms with van der Waals surface area (Å²) in [4.78, 5) is 15.2. The molecule has 0 bridgehead atoms. The summed E-state index contributed by atoms with van der Waals surface area (Å²) in [5, 5.41) is 20.8. The Balaban J connectivity index is 1.45. The Morgan fingerprint density at radius 1 is 1.27 bits per heavy atom. The van der Waals surface area contributed by atoms with Gasteiger partial charge >= 0.3 is 0 Å². The van der Waals surface area contributed by atoms with E-state index < -0.39 is 10.0 Å². The number of nitrogens with one attached hydrogen (secondary N) is 2. The van der Waals surface area contributed by atoms with Gasteiger partial charge in [0.1, 0.15) is 5.82 Å². The predicted octanol–water partition coefficient (Wildman–Crippen LogP) is 1.65. The summed E-state index contributed by atoms with van der Waals surface area (Å²) in [5.74, 6) is 1.29. The Kier molecular flexibility index (Phi) is 7.43. The summed E-state index contributed by atoms with van der Waals surface area (Å²) in [7, 11) is 0.664. The Morgan fingerprint density at radius 3 is 2.86 bits per heavy atom. The number of H-pyrrole nitrogens is 1. The molecule has 3 aromatic heterocycles. The number of nitrogens with zero attached hydrogens (tertiary/aromatic N) is 6. The smallest absolute Gasteiger partial charge is 0.211 e. The van der Waals surface area contributed by atoms with Crippen LogP contribution in [0.1, 0.15) is 4.88 Å². The number of sulfonamides is 1. The minimum Gasteiger partial charge on any atom is -0.395 e. The largest absolute Gasteiger partial charge is 0.395 e. The number of anilines is 1. The number of hydrogen-bond acceptors (Lipinski definition) is 10. The Hall–Kier alpha value is -2.68. The lowest BCUT2D eigenvalue weighted by Gasteiger charge is -2.40. The fourth-order valence-electron chi connectivity index (χ4n) is 4.91. The maximum absolute atomic E-state index is 12.3. The summed E-state index contributed by atoms with van der Waals surface area (Å²) < 4.78 is 27.2. The van der Waals surface area contributed by atoms with Gasteiger partial charge in [0.15, 0.2) is 5.82 Å². The van der Waals surface area contributed by atoms with Crippen molar-refractivity contribution in [1.29, 1.82) is 0 Å². The summed E-state index contributed by atoms with van der Waals surface area (Å²) in [6, 6.07) is 7.88. The Labute approximate surface area is 220 Å². The van der Waals surface area contributed by atoms with Gasteiger partial charge in [-0.2, -0.15) is 9.40 Å². The van der Waals surface area contributed by atoms with Gasteiger partial charge in [0, 0.05) is 55.1 Å². The van der Waals surface area contributed by atoms with Crippen molar-refractivity contribution in [3.8, 4) is 11.4 Å². The second kappa shape index (κ2) is 10.6. The molecule has 13 heteroatoms. The van der Waals surface area contributed by atoms with E-state index in [1.54, 1.807) is 21.8 Å². The van der Waals surface area contributed by atoms with Crippen molar-refractivity contribution in [3.63, 3.8) is 0 Å². The summed E-state index contributed by atoms with van der Waals surface area (Å²) in [5.41, 5.74) is 2.64. The summed E-state index contributed by atoms with van der Waals surface area (Å²) in [6.07, 6.45) is 3.07. The second-order valence-electron chi connectivity index (χ2n) is 9.63. The maximum atomic E-state index is 12.3. The molecule has 1 atom stereocenters. The number of aliphatic hydroxyl groups is 1. The molecule has 11 nitrogen and oxygen atoms in total. The molecule has 1 saturated heterocycles. The van der Waals surface area contributed by atoms with E-state index in [2.05, 4.69) is 26.5 Å². The second-order valence-corrected chi connectivity index (χ2v) is 12.7. The quantitative estimate of drug-likeness (QED) is 0.288. The van der Waals surface area contributed by atoms with Gasteiger partial charge in [-0.25, -0.2) is 18.4 Å². The standard InChI is InChI=1S/C24H32N8O3S2/c1-30(2)13-16-14-31(8-9-32(16)37(3,34)35)15-17-11-21-22(36-17)24(25-7-10-33)28-23(27-21)18-5-4-6-20-19(18)12-26-29-20/h4-6,11-12,16,33H,7-10,13-15H2,1-3H3,(H,26,29)(H,25,27,28). The number of thiophene rings is 1. The van der Waals surface area contributed by atoms with E-state index >= 15 is 0 Å². The normalized spacial score (nSPS) is 17.8. The maximum Gasteiger partial charge on any atom is 0.211 e. The molecular formula is C24H32N8O3S2. The highest BCUT2D eigenvalue weighted by atomic mass is 32.2. The molecule has 198 valence electrons. The zero-order valence-corrected chi connectivity index (χ0v) is 22.8. The van der Waals surface area contributed by atoms with Crippen molar-refractivity contribution in [2.45, 2.75) is 12.6 Å². The van der Waals surface area contributed by atoms with Crippen molar-refractivity contribution in [3.05, 3.63) is 35.3 Å². The van der Waals surface area contributed by atoms with Crippen molar-refractivity contribution in [2.75, 3.05) is 65.0 Å². The zero-order valence-electron chi connectivity index (χ0n) is 21.2. The van der Waals surface area contributed by atoms with E-state index in [0.29, 0.717) is 50.9 Å². The number of aromatic amines is 1. The van der Waals surface area contributed by atoms with E-state index in [1.807, 2.05) is 37.2 Å². The number of benzene rings is 1. The number of aliphatic hydroxyl groups excluding tert-OH is 1. The number of fused-ring (bicyclic) bond motifs is 2. The topological polar surface area (TPSA) is 131 Å². The SMILES string of the molecule is CN(C)CC1CN(Cc2cc3nc(-c4cccc5[nH]ncc45)nc(NCCO)c3s2)CCN1S(C)(=O)=O. The average Bonchev–Trinajstić information content (AvgIpc) is 3.48. The third-order valence-corrected chi connectivity index (χ3v) is 8.90. The third kappa shape index (κ3) is 5.61. The van der Waals surface area contributed by atoms with Crippen molar-refractivity contribution in [2.24, 2.45) is 0 Å². The van der Waals surface area contributed by atoms with E-state index in [4.69, 9.17) is 9.97 Å². The lowest BCUT2D eigenvalue weighted by atomic mass is 10.1. The van der Waals surface area contributed by atoms with Gasteiger partial charge in [-0.3, -0.25) is 10.00 Å². The number of piperazine rings is 1. The van der Waals surface area contributed by atoms with Crippen molar-refractivity contribution < 1.29 is 13.5 Å². The van der Waals surface area contributed by atoms with Crippen LogP contribution in [0.4, 0.5) is 5.82 Å². The Morgan fingerprint density at radius 2 is 2.11 bits per heavy atom. The Bertz CT molecular complexity index is 1500. The minimum absolute atomic E-state index is 0.00570. The molecule has 1 aliphatic heterocycles. The summed E-state index contributed by atoms with van der Waals surface area (Å²) in [6.45, 7) is 3.55. The minimum atomic E-state index is -3.27. The third-order valence-electron chi connectivity index (χ3n) is 6.45. The van der Waals surface area contributed by atoms with Gasteiger partial charge in [0.05, 0.1) is 40.8 Å². The molecule has 0 radical (unpaired) electrons. The zero-order chi connectivity index (χ0) is 26.2. The molecule has 4 heterocycles. The first-order chi connectivity index (χ1) is 17.7. The fraction of sp³-hybridized carbons (Fsp3) is 0.458. The van der Waals surface area contributed by atoms with Crippen LogP contribution in [-0.4, -0.2) is 114 Å². The molecule has 1 unspecified atom stereocenters. The molecule has 1 aromatic carbocycles. The number of aromatic nitrogens is 4. The highest BCUT2D eigenvalue weighted by Crippen LogP contribution is 2.34. The van der Waals surface area contributed by atoms with Crippen LogP contribution in [0.25, 0.3) is 32.5 Å². The first-order valence-corrected chi connectivity index (χ1v) is 14.8. The number of likely N-dealkylation sites (N-methyl/N-ethyl adjacent to an activating group) is 1. The van der Waals surface area contributed by atoms with Crippen LogP contribution in [0.15, 0.2) is 30.5 Å². The van der Waals surface area contributed by atoms with Crippen molar-refractivity contribution in [1.82, 2.24) is 34.3 Å². The molecule has 37 heavy (non-hydrogen) atoms. The highest BCUT2D eigenvalue weighted by Gasteiger charge is 2.33. The average molecular weight is 545 g/mol. The highest BCUT2D eigenvalue weighted by molar-refractivity contribution is 7.88. The van der Waals surface area contributed by atoms with Gasteiger partial charge in [-0.1, -0.05) is 12.1 Å². The lowest BCUT2D eigenvalue weighted by Crippen LogP contribution is -2.57. The van der Waals surface area contributed by atoms with Crippen molar-refractivity contribution >= 4 is 48.3 Å². The molecule has 4 aromatic rings. The first kappa shape index (κ1) is 25.9. The molecule has 0 aliphatic carbocycles. The van der Waals surface area contributed by atoms with Crippen LogP contribution in [0, 0.1) is 0 Å². The molecule has 3 N–H and O–H groups in total. The van der Waals surface area contributed by atoms with Crippen LogP contribution in [0.5, 0.6) is 0 Å². The van der Waals surface area contributed by atoms with Crippen LogP contribution in [-0.2, 0) is 16.6 Å². The first-order valence-electron chi connectivity index (χ1n) is 12.1. The van der Waals surface area contributed by atoms with Gasteiger partial charge < -0.3 is 15.3 Å². The molecule has 1 fully saturated rings.